The summed E-state index contributed by atoms with van der Waals surface area (Å²) in [4.78, 5) is 12.5. The number of nitrogens with zero attached hydrogens (tertiary/aromatic N) is 2. The highest BCUT2D eigenvalue weighted by Gasteiger charge is 2.14. The molecule has 0 aliphatic carbocycles. The van der Waals surface area contributed by atoms with Crippen molar-refractivity contribution in [1.82, 2.24) is 10.2 Å². The highest BCUT2D eigenvalue weighted by molar-refractivity contribution is 6.30. The van der Waals surface area contributed by atoms with Gasteiger partial charge in [0.1, 0.15) is 17.5 Å². The van der Waals surface area contributed by atoms with Crippen LogP contribution in [0.25, 0.3) is 17.3 Å². The first kappa shape index (κ1) is 16.6. The Hall–Kier alpha value is -3.23. The molecule has 6 heteroatoms. The first-order chi connectivity index (χ1) is 12.1. The Morgan fingerprint density at radius 1 is 1.24 bits per heavy atom. The van der Waals surface area contributed by atoms with Crippen molar-refractivity contribution >= 4 is 23.5 Å². The third-order valence-corrected chi connectivity index (χ3v) is 3.79. The molecule has 2 aromatic carbocycles. The second kappa shape index (κ2) is 7.12. The molecule has 0 amide bonds. The Bertz CT molecular complexity index is 1000. The monoisotopic (exact) mass is 351 g/mol. The van der Waals surface area contributed by atoms with Crippen LogP contribution in [-0.4, -0.2) is 16.0 Å². The van der Waals surface area contributed by atoms with Crippen molar-refractivity contribution < 1.29 is 9.18 Å². The summed E-state index contributed by atoms with van der Waals surface area (Å²) < 4.78 is 13.0. The summed E-state index contributed by atoms with van der Waals surface area (Å²) in [5, 5.41) is 16.7. The van der Waals surface area contributed by atoms with E-state index >= 15 is 0 Å². The summed E-state index contributed by atoms with van der Waals surface area (Å²) >= 11 is 6.00. The predicted molar refractivity (Wildman–Crippen MR) is 93.4 cm³/mol. The number of allylic oxidation sites excluding steroid dienone is 1. The van der Waals surface area contributed by atoms with Crippen LogP contribution in [0.1, 0.15) is 15.9 Å². The van der Waals surface area contributed by atoms with Crippen LogP contribution in [0.2, 0.25) is 5.02 Å². The van der Waals surface area contributed by atoms with E-state index in [0.717, 1.165) is 5.56 Å². The molecule has 0 aliphatic heterocycles. The maximum atomic E-state index is 13.0. The number of aromatic nitrogens is 2. The second-order valence-electron chi connectivity index (χ2n) is 5.22. The number of nitrogens with one attached hydrogen (secondary N) is 1. The molecule has 1 heterocycles. The molecule has 0 bridgehead atoms. The number of halogens is 2. The summed E-state index contributed by atoms with van der Waals surface area (Å²) in [6.45, 7) is 0. The van der Waals surface area contributed by atoms with Gasteiger partial charge in [-0.15, -0.1) is 0 Å². The maximum Gasteiger partial charge on any atom is 0.203 e. The van der Waals surface area contributed by atoms with E-state index in [1.165, 1.54) is 36.5 Å². The summed E-state index contributed by atoms with van der Waals surface area (Å²) in [5.41, 5.74) is 2.16. The number of ketones is 1. The number of aromatic amines is 1. The average molecular weight is 352 g/mol. The summed E-state index contributed by atoms with van der Waals surface area (Å²) in [7, 11) is 0. The lowest BCUT2D eigenvalue weighted by atomic mass is 10.0. The van der Waals surface area contributed by atoms with Crippen molar-refractivity contribution in [2.24, 2.45) is 0 Å². The minimum Gasteiger partial charge on any atom is -0.288 e. The van der Waals surface area contributed by atoms with Crippen LogP contribution in [0.3, 0.4) is 0 Å². The van der Waals surface area contributed by atoms with Gasteiger partial charge >= 0.3 is 0 Å². The van der Waals surface area contributed by atoms with Gasteiger partial charge in [-0.25, -0.2) is 4.39 Å². The topological polar surface area (TPSA) is 69.5 Å². The molecule has 0 spiro atoms. The number of carbonyl (C=O) groups is 1. The Morgan fingerprint density at radius 3 is 2.68 bits per heavy atom. The van der Waals surface area contributed by atoms with Gasteiger partial charge in [0.05, 0.1) is 11.9 Å². The van der Waals surface area contributed by atoms with E-state index in [1.807, 2.05) is 12.1 Å². The molecule has 0 saturated carbocycles. The quantitative estimate of drug-likeness (QED) is 0.422. The minimum absolute atomic E-state index is 0.0729. The highest BCUT2D eigenvalue weighted by atomic mass is 35.5. The number of Topliss-reactive ketones (excluding diaryl/α,β-unsaturated/α-hetero) is 1. The van der Waals surface area contributed by atoms with E-state index in [9.17, 15) is 14.4 Å². The third kappa shape index (κ3) is 3.65. The molecule has 0 aliphatic rings. The number of hydrogen-bond acceptors (Lipinski definition) is 3. The fourth-order valence-corrected chi connectivity index (χ4v) is 2.53. The number of H-pyrrole nitrogens is 1. The second-order valence-corrected chi connectivity index (χ2v) is 5.65. The zero-order valence-corrected chi connectivity index (χ0v) is 13.6. The molecule has 1 aromatic heterocycles. The van der Waals surface area contributed by atoms with E-state index in [-0.39, 0.29) is 11.1 Å². The number of benzene rings is 2. The molecular weight excluding hydrogens is 341 g/mol. The first-order valence-electron chi connectivity index (χ1n) is 7.30. The van der Waals surface area contributed by atoms with Gasteiger partial charge in [-0.1, -0.05) is 23.7 Å². The van der Waals surface area contributed by atoms with Gasteiger partial charge in [-0.05, 0) is 42.5 Å². The summed E-state index contributed by atoms with van der Waals surface area (Å²) in [6, 6.07) is 14.1. The molecule has 0 atom stereocenters. The SMILES string of the molecule is N#C/C(=C\c1cn[nH]c1-c1cccc(Cl)c1)C(=O)c1ccc(F)cc1. The van der Waals surface area contributed by atoms with E-state index in [4.69, 9.17) is 11.6 Å². The lowest BCUT2D eigenvalue weighted by molar-refractivity contribution is 0.104. The predicted octanol–water partition coefficient (Wildman–Crippen LogP) is 4.66. The van der Waals surface area contributed by atoms with Crippen LogP contribution in [0.4, 0.5) is 4.39 Å². The normalized spacial score (nSPS) is 11.2. The maximum absolute atomic E-state index is 13.0. The van der Waals surface area contributed by atoms with Crippen molar-refractivity contribution in [3.8, 4) is 17.3 Å². The molecule has 0 saturated heterocycles. The Kier molecular flexibility index (Phi) is 4.73. The fraction of sp³-hybridized carbons (Fsp3) is 0. The van der Waals surface area contributed by atoms with Crippen LogP contribution in [0, 0.1) is 17.1 Å². The smallest absolute Gasteiger partial charge is 0.203 e. The van der Waals surface area contributed by atoms with Gasteiger partial charge in [0, 0.05) is 21.7 Å². The summed E-state index contributed by atoms with van der Waals surface area (Å²) in [6.07, 6.45) is 2.97. The van der Waals surface area contributed by atoms with Gasteiger partial charge in [0.2, 0.25) is 5.78 Å². The molecule has 1 N–H and O–H groups in total. The molecule has 4 nitrogen and oxygen atoms in total. The molecule has 3 aromatic rings. The van der Waals surface area contributed by atoms with Gasteiger partial charge in [0.15, 0.2) is 0 Å². The van der Waals surface area contributed by atoms with Crippen molar-refractivity contribution in [3.05, 3.63) is 82.3 Å². The van der Waals surface area contributed by atoms with E-state index in [1.54, 1.807) is 18.2 Å². The molecular formula is C19H11ClFN3O. The van der Waals surface area contributed by atoms with Gasteiger partial charge in [-0.3, -0.25) is 9.89 Å². The van der Waals surface area contributed by atoms with Crippen molar-refractivity contribution in [3.63, 3.8) is 0 Å². The number of carbonyl (C=O) groups excluding carboxylic acids is 1. The Morgan fingerprint density at radius 2 is 2.00 bits per heavy atom. The van der Waals surface area contributed by atoms with Crippen molar-refractivity contribution in [1.29, 1.82) is 5.26 Å². The van der Waals surface area contributed by atoms with Crippen molar-refractivity contribution in [2.75, 3.05) is 0 Å². The number of hydrogen-bond donors (Lipinski definition) is 1. The number of rotatable bonds is 4. The van der Waals surface area contributed by atoms with Crippen molar-refractivity contribution in [2.45, 2.75) is 0 Å². The van der Waals surface area contributed by atoms with Crippen LogP contribution in [-0.2, 0) is 0 Å². The molecule has 25 heavy (non-hydrogen) atoms. The zero-order chi connectivity index (χ0) is 17.8. The average Bonchev–Trinajstić information content (AvgIpc) is 3.08. The van der Waals surface area contributed by atoms with E-state index in [0.29, 0.717) is 16.3 Å². The first-order valence-corrected chi connectivity index (χ1v) is 7.67. The largest absolute Gasteiger partial charge is 0.288 e. The minimum atomic E-state index is -0.485. The van der Waals surface area contributed by atoms with E-state index in [2.05, 4.69) is 10.2 Å². The van der Waals surface area contributed by atoms with Crippen LogP contribution in [0.5, 0.6) is 0 Å². The third-order valence-electron chi connectivity index (χ3n) is 3.55. The zero-order valence-electron chi connectivity index (χ0n) is 12.8. The molecule has 0 unspecified atom stereocenters. The fourth-order valence-electron chi connectivity index (χ4n) is 2.34. The molecule has 0 radical (unpaired) electrons. The molecule has 3 rings (SSSR count). The van der Waals surface area contributed by atoms with E-state index < -0.39 is 11.6 Å². The van der Waals surface area contributed by atoms with Crippen LogP contribution >= 0.6 is 11.6 Å². The lowest BCUT2D eigenvalue weighted by Crippen LogP contribution is -2.02. The lowest BCUT2D eigenvalue weighted by Gasteiger charge is -2.02. The standard InChI is InChI=1S/C19H11ClFN3O/c20-16-3-1-2-13(9-16)18-15(11-23-24-18)8-14(10-22)19(25)12-4-6-17(21)7-5-12/h1-9,11H,(H,23,24)/b14-8+. The molecule has 122 valence electrons. The Labute approximate surface area is 148 Å². The highest BCUT2D eigenvalue weighted by Crippen LogP contribution is 2.26. The van der Waals surface area contributed by atoms with Gasteiger partial charge < -0.3 is 0 Å². The van der Waals surface area contributed by atoms with Crippen LogP contribution in [0.15, 0.2) is 60.3 Å². The van der Waals surface area contributed by atoms with Gasteiger partial charge in [-0.2, -0.15) is 10.4 Å². The summed E-state index contributed by atoms with van der Waals surface area (Å²) in [5.74, 6) is -0.933. The van der Waals surface area contributed by atoms with Gasteiger partial charge in [0.25, 0.3) is 0 Å². The Balaban J connectivity index is 1.99. The number of nitriles is 1. The van der Waals surface area contributed by atoms with Crippen LogP contribution < -0.4 is 0 Å². The molecule has 0 fully saturated rings.